The summed E-state index contributed by atoms with van der Waals surface area (Å²) < 4.78 is 1.85. The van der Waals surface area contributed by atoms with Crippen LogP contribution in [0, 0.1) is 12.8 Å². The first-order valence-corrected chi connectivity index (χ1v) is 10.0. The molecule has 3 aromatic heterocycles. The molecule has 3 aromatic rings. The maximum Gasteiger partial charge on any atom is 0.272 e. The van der Waals surface area contributed by atoms with E-state index in [0.29, 0.717) is 36.8 Å². The van der Waals surface area contributed by atoms with Gasteiger partial charge in [0.05, 0.1) is 5.69 Å². The van der Waals surface area contributed by atoms with E-state index in [2.05, 4.69) is 15.0 Å². The third kappa shape index (κ3) is 3.14. The number of aromatic nitrogens is 4. The Bertz CT molecular complexity index is 1200. The lowest BCUT2D eigenvalue weighted by Gasteiger charge is -2.42. The second kappa shape index (κ2) is 7.05. The lowest BCUT2D eigenvalue weighted by atomic mass is 9.82. The van der Waals surface area contributed by atoms with Crippen LogP contribution in [0.1, 0.15) is 34.1 Å². The fourth-order valence-corrected chi connectivity index (χ4v) is 4.66. The number of fused-ring (bicyclic) bond motifs is 4. The molecule has 152 valence electrons. The SMILES string of the molecule is Cc1cccnc1C(=O)N1C[C@@H]2C[C@H](C1)c1cc(-c3cc(N)ncn3)cc(=O)n1C2. The van der Waals surface area contributed by atoms with Gasteiger partial charge < -0.3 is 15.2 Å². The van der Waals surface area contributed by atoms with Crippen molar-refractivity contribution in [1.29, 1.82) is 0 Å². The second-order valence-corrected chi connectivity index (χ2v) is 8.12. The number of carbonyl (C=O) groups excluding carboxylic acids is 1. The first kappa shape index (κ1) is 18.5. The zero-order chi connectivity index (χ0) is 20.8. The third-order valence-corrected chi connectivity index (χ3v) is 6.04. The van der Waals surface area contributed by atoms with Crippen LogP contribution in [0.5, 0.6) is 0 Å². The number of nitrogens with two attached hydrogens (primary N) is 1. The summed E-state index contributed by atoms with van der Waals surface area (Å²) in [5, 5.41) is 0. The van der Waals surface area contributed by atoms with Crippen molar-refractivity contribution in [3.8, 4) is 11.3 Å². The van der Waals surface area contributed by atoms with E-state index >= 15 is 0 Å². The number of likely N-dealkylation sites (tertiary alicyclic amines) is 1. The molecule has 0 aliphatic carbocycles. The Kier molecular flexibility index (Phi) is 4.34. The van der Waals surface area contributed by atoms with E-state index in [0.717, 1.165) is 23.2 Å². The molecule has 0 saturated carbocycles. The minimum absolute atomic E-state index is 0.0432. The molecule has 8 nitrogen and oxygen atoms in total. The van der Waals surface area contributed by atoms with Crippen LogP contribution < -0.4 is 11.3 Å². The monoisotopic (exact) mass is 402 g/mol. The summed E-state index contributed by atoms with van der Waals surface area (Å²) in [6.07, 6.45) is 4.01. The highest BCUT2D eigenvalue weighted by atomic mass is 16.2. The van der Waals surface area contributed by atoms with E-state index in [1.807, 2.05) is 34.6 Å². The standard InChI is InChI=1S/C22H22N6O2/c1-13-3-2-4-24-21(13)22(30)27-9-14-5-16(11-27)18-6-15(7-20(29)28(18)10-14)17-8-19(23)26-12-25-17/h2-4,6-8,12,14,16H,5,9-11H2,1H3,(H2,23,25,26)/t14-,16+/m0/s1. The predicted molar refractivity (Wildman–Crippen MR) is 112 cm³/mol. The van der Waals surface area contributed by atoms with Crippen LogP contribution in [0.25, 0.3) is 11.3 Å². The van der Waals surface area contributed by atoms with Gasteiger partial charge in [0.25, 0.3) is 11.5 Å². The number of nitrogen functional groups attached to an aromatic ring is 1. The summed E-state index contributed by atoms with van der Waals surface area (Å²) in [7, 11) is 0. The molecule has 2 atom stereocenters. The molecule has 2 aliphatic rings. The number of piperidine rings is 1. The zero-order valence-electron chi connectivity index (χ0n) is 16.7. The molecule has 2 bridgehead atoms. The number of rotatable bonds is 2. The van der Waals surface area contributed by atoms with Gasteiger partial charge in [0, 0.05) is 55.1 Å². The van der Waals surface area contributed by atoms with Crippen molar-refractivity contribution in [1.82, 2.24) is 24.4 Å². The van der Waals surface area contributed by atoms with Gasteiger partial charge in [-0.25, -0.2) is 9.97 Å². The average molecular weight is 402 g/mol. The van der Waals surface area contributed by atoms with E-state index in [4.69, 9.17) is 5.73 Å². The summed E-state index contributed by atoms with van der Waals surface area (Å²) in [4.78, 5) is 40.3. The summed E-state index contributed by atoms with van der Waals surface area (Å²) in [5.74, 6) is 0.663. The van der Waals surface area contributed by atoms with Gasteiger partial charge in [-0.15, -0.1) is 0 Å². The van der Waals surface area contributed by atoms with Crippen molar-refractivity contribution in [2.75, 3.05) is 18.8 Å². The van der Waals surface area contributed by atoms with Crippen LogP contribution in [-0.2, 0) is 6.54 Å². The Morgan fingerprint density at radius 2 is 2.00 bits per heavy atom. The molecule has 0 spiro atoms. The molecule has 5 heterocycles. The molecule has 30 heavy (non-hydrogen) atoms. The molecule has 2 aliphatic heterocycles. The molecule has 1 saturated heterocycles. The summed E-state index contributed by atoms with van der Waals surface area (Å²) in [6.45, 7) is 3.73. The topological polar surface area (TPSA) is 107 Å². The molecule has 0 radical (unpaired) electrons. The highest BCUT2D eigenvalue weighted by molar-refractivity contribution is 5.93. The fourth-order valence-electron chi connectivity index (χ4n) is 4.66. The Hall–Kier alpha value is -3.55. The maximum atomic E-state index is 13.1. The first-order valence-electron chi connectivity index (χ1n) is 10.0. The van der Waals surface area contributed by atoms with Gasteiger partial charge in [-0.05, 0) is 37.0 Å². The average Bonchev–Trinajstić information content (AvgIpc) is 2.74. The zero-order valence-corrected chi connectivity index (χ0v) is 16.7. The number of pyridine rings is 2. The van der Waals surface area contributed by atoms with Crippen molar-refractivity contribution in [3.63, 3.8) is 0 Å². The number of nitrogens with zero attached hydrogens (tertiary/aromatic N) is 5. The number of amides is 1. The van der Waals surface area contributed by atoms with Gasteiger partial charge in [-0.3, -0.25) is 14.6 Å². The fraction of sp³-hybridized carbons (Fsp3) is 0.318. The largest absolute Gasteiger partial charge is 0.384 e. The number of anilines is 1. The Labute approximate surface area is 173 Å². The van der Waals surface area contributed by atoms with Crippen molar-refractivity contribution >= 4 is 11.7 Å². The van der Waals surface area contributed by atoms with Crippen LogP contribution in [0.2, 0.25) is 0 Å². The van der Waals surface area contributed by atoms with E-state index < -0.39 is 0 Å². The summed E-state index contributed by atoms with van der Waals surface area (Å²) >= 11 is 0. The second-order valence-electron chi connectivity index (χ2n) is 8.12. The molecular weight excluding hydrogens is 380 g/mol. The molecule has 8 heteroatoms. The quantitative estimate of drug-likeness (QED) is 0.701. The Morgan fingerprint density at radius 3 is 2.80 bits per heavy atom. The summed E-state index contributed by atoms with van der Waals surface area (Å²) in [5.41, 5.74) is 9.41. The highest BCUT2D eigenvalue weighted by Gasteiger charge is 2.37. The normalized spacial score (nSPS) is 20.0. The van der Waals surface area contributed by atoms with Gasteiger partial charge in [-0.2, -0.15) is 0 Å². The Balaban J connectivity index is 1.50. The van der Waals surface area contributed by atoms with E-state index in [1.54, 1.807) is 18.3 Å². The number of hydrogen-bond donors (Lipinski definition) is 1. The van der Waals surface area contributed by atoms with Gasteiger partial charge in [0.2, 0.25) is 0 Å². The van der Waals surface area contributed by atoms with Crippen molar-refractivity contribution in [3.05, 3.63) is 70.2 Å². The van der Waals surface area contributed by atoms with Crippen LogP contribution in [-0.4, -0.2) is 43.4 Å². The van der Waals surface area contributed by atoms with Gasteiger partial charge in [0.1, 0.15) is 17.8 Å². The van der Waals surface area contributed by atoms with Crippen molar-refractivity contribution in [2.24, 2.45) is 5.92 Å². The van der Waals surface area contributed by atoms with Gasteiger partial charge in [-0.1, -0.05) is 6.07 Å². The summed E-state index contributed by atoms with van der Waals surface area (Å²) in [6, 6.07) is 9.01. The first-order chi connectivity index (χ1) is 14.5. The molecule has 0 unspecified atom stereocenters. The van der Waals surface area contributed by atoms with Crippen LogP contribution in [0.15, 0.2) is 47.7 Å². The van der Waals surface area contributed by atoms with Gasteiger partial charge >= 0.3 is 0 Å². The molecule has 1 amide bonds. The lowest BCUT2D eigenvalue weighted by molar-refractivity contribution is 0.0588. The number of carbonyl (C=O) groups is 1. The molecular formula is C22H22N6O2. The minimum Gasteiger partial charge on any atom is -0.384 e. The predicted octanol–water partition coefficient (Wildman–Crippen LogP) is 1.85. The number of aryl methyl sites for hydroxylation is 1. The minimum atomic E-state index is -0.0465. The highest BCUT2D eigenvalue weighted by Crippen LogP contribution is 2.37. The van der Waals surface area contributed by atoms with E-state index in [9.17, 15) is 9.59 Å². The van der Waals surface area contributed by atoms with Crippen molar-refractivity contribution < 1.29 is 4.79 Å². The maximum absolute atomic E-state index is 13.1. The smallest absolute Gasteiger partial charge is 0.272 e. The van der Waals surface area contributed by atoms with Crippen molar-refractivity contribution in [2.45, 2.75) is 25.8 Å². The van der Waals surface area contributed by atoms with E-state index in [-0.39, 0.29) is 23.3 Å². The molecule has 2 N–H and O–H groups in total. The van der Waals surface area contributed by atoms with E-state index in [1.165, 1.54) is 6.33 Å². The third-order valence-electron chi connectivity index (χ3n) is 6.04. The van der Waals surface area contributed by atoms with Crippen LogP contribution >= 0.6 is 0 Å². The van der Waals surface area contributed by atoms with Crippen LogP contribution in [0.4, 0.5) is 5.82 Å². The van der Waals surface area contributed by atoms with Crippen LogP contribution in [0.3, 0.4) is 0 Å². The molecule has 0 aromatic carbocycles. The molecule has 5 rings (SSSR count). The molecule has 1 fully saturated rings. The van der Waals surface area contributed by atoms with Gasteiger partial charge in [0.15, 0.2) is 0 Å². The lowest BCUT2D eigenvalue weighted by Crippen LogP contribution is -2.49. The Morgan fingerprint density at radius 1 is 1.13 bits per heavy atom. The number of hydrogen-bond acceptors (Lipinski definition) is 6.